The van der Waals surface area contributed by atoms with Crippen molar-refractivity contribution in [2.24, 2.45) is 0 Å². The van der Waals surface area contributed by atoms with Crippen LogP contribution in [0.2, 0.25) is 0 Å². The first-order valence-corrected chi connectivity index (χ1v) is 5.97. The summed E-state index contributed by atoms with van der Waals surface area (Å²) in [6, 6.07) is 7.05. The number of carbonyl (C=O) groups excluding carboxylic acids is 1. The quantitative estimate of drug-likeness (QED) is 0.648. The number of benzene rings is 1. The van der Waals surface area contributed by atoms with E-state index in [1.807, 2.05) is 4.90 Å². The monoisotopic (exact) mass is 269 g/mol. The van der Waals surface area contributed by atoms with Gasteiger partial charge in [0.1, 0.15) is 5.75 Å². The van der Waals surface area contributed by atoms with Crippen LogP contribution in [0.25, 0.3) is 0 Å². The van der Waals surface area contributed by atoms with Gasteiger partial charge in [0.15, 0.2) is 6.61 Å². The third-order valence-electron chi connectivity index (χ3n) is 2.53. The van der Waals surface area contributed by atoms with Crippen molar-refractivity contribution in [3.8, 4) is 5.75 Å². The van der Waals surface area contributed by atoms with Crippen LogP contribution >= 0.6 is 0 Å². The lowest BCUT2D eigenvalue weighted by molar-refractivity contribution is -0.142. The maximum absolute atomic E-state index is 10.9. The first-order valence-electron chi connectivity index (χ1n) is 5.97. The third kappa shape index (κ3) is 5.15. The zero-order valence-corrected chi connectivity index (χ0v) is 10.9. The van der Waals surface area contributed by atoms with Crippen LogP contribution in [-0.4, -0.2) is 56.2 Å². The van der Waals surface area contributed by atoms with Gasteiger partial charge in [-0.05, 0) is 24.3 Å². The summed E-state index contributed by atoms with van der Waals surface area (Å²) in [4.78, 5) is 12.8. The lowest BCUT2D eigenvalue weighted by Crippen LogP contribution is -2.29. The number of aliphatic hydroxyl groups is 2. The molecule has 0 spiro atoms. The minimum atomic E-state index is -0.439. The van der Waals surface area contributed by atoms with Crippen molar-refractivity contribution < 1.29 is 24.5 Å². The fourth-order valence-corrected chi connectivity index (χ4v) is 1.57. The molecule has 0 aliphatic heterocycles. The summed E-state index contributed by atoms with van der Waals surface area (Å²) in [5, 5.41) is 17.9. The molecule has 0 fully saturated rings. The van der Waals surface area contributed by atoms with Gasteiger partial charge < -0.3 is 24.6 Å². The maximum atomic E-state index is 10.9. The van der Waals surface area contributed by atoms with E-state index < -0.39 is 5.97 Å². The Balaban J connectivity index is 2.60. The third-order valence-corrected chi connectivity index (χ3v) is 2.53. The Kier molecular flexibility index (Phi) is 6.70. The molecule has 0 aromatic heterocycles. The number of ether oxygens (including phenoxy) is 2. The summed E-state index contributed by atoms with van der Waals surface area (Å²) in [7, 11) is 1.30. The number of hydrogen-bond acceptors (Lipinski definition) is 6. The van der Waals surface area contributed by atoms with Gasteiger partial charge >= 0.3 is 5.97 Å². The van der Waals surface area contributed by atoms with Crippen molar-refractivity contribution in [3.63, 3.8) is 0 Å². The highest BCUT2D eigenvalue weighted by Gasteiger charge is 2.06. The molecule has 0 unspecified atom stereocenters. The predicted octanol–water partition coefficient (Wildman–Crippen LogP) is 0.0294. The molecule has 1 aromatic rings. The van der Waals surface area contributed by atoms with Crippen LogP contribution in [0.4, 0.5) is 5.69 Å². The molecule has 0 aliphatic carbocycles. The zero-order chi connectivity index (χ0) is 14.1. The fraction of sp³-hybridized carbons (Fsp3) is 0.462. The Morgan fingerprint density at radius 2 is 1.74 bits per heavy atom. The normalized spacial score (nSPS) is 10.1. The van der Waals surface area contributed by atoms with Gasteiger partial charge in [-0.25, -0.2) is 4.79 Å². The van der Waals surface area contributed by atoms with Gasteiger partial charge in [0.2, 0.25) is 0 Å². The maximum Gasteiger partial charge on any atom is 0.343 e. The Hall–Kier alpha value is -1.79. The molecule has 0 saturated heterocycles. The first-order chi connectivity index (χ1) is 9.21. The van der Waals surface area contributed by atoms with Crippen LogP contribution in [0, 0.1) is 0 Å². The van der Waals surface area contributed by atoms with Crippen molar-refractivity contribution >= 4 is 11.7 Å². The zero-order valence-electron chi connectivity index (χ0n) is 10.9. The number of aliphatic hydroxyl groups excluding tert-OH is 2. The number of methoxy groups -OCH3 is 1. The van der Waals surface area contributed by atoms with Gasteiger partial charge in [-0.15, -0.1) is 0 Å². The second-order valence-corrected chi connectivity index (χ2v) is 3.79. The minimum Gasteiger partial charge on any atom is -0.482 e. The minimum absolute atomic E-state index is 0.0145. The van der Waals surface area contributed by atoms with E-state index in [4.69, 9.17) is 14.9 Å². The Morgan fingerprint density at radius 1 is 1.16 bits per heavy atom. The smallest absolute Gasteiger partial charge is 0.343 e. The van der Waals surface area contributed by atoms with E-state index in [2.05, 4.69) is 4.74 Å². The number of rotatable bonds is 8. The summed E-state index contributed by atoms with van der Waals surface area (Å²) in [6.07, 6.45) is 0. The van der Waals surface area contributed by atoms with Crippen molar-refractivity contribution in [1.82, 2.24) is 0 Å². The van der Waals surface area contributed by atoms with Crippen molar-refractivity contribution in [1.29, 1.82) is 0 Å². The van der Waals surface area contributed by atoms with Crippen molar-refractivity contribution in [2.45, 2.75) is 0 Å². The highest BCUT2D eigenvalue weighted by Crippen LogP contribution is 2.19. The molecular weight excluding hydrogens is 250 g/mol. The summed E-state index contributed by atoms with van der Waals surface area (Å²) in [6.45, 7) is 0.792. The van der Waals surface area contributed by atoms with E-state index in [-0.39, 0.29) is 19.8 Å². The van der Waals surface area contributed by atoms with E-state index in [1.54, 1.807) is 24.3 Å². The molecule has 0 aliphatic rings. The highest BCUT2D eigenvalue weighted by molar-refractivity contribution is 5.70. The fourth-order valence-electron chi connectivity index (χ4n) is 1.57. The van der Waals surface area contributed by atoms with Crippen LogP contribution in [0.1, 0.15) is 0 Å². The lowest BCUT2D eigenvalue weighted by Gasteiger charge is -2.23. The highest BCUT2D eigenvalue weighted by atomic mass is 16.6. The van der Waals surface area contributed by atoms with E-state index in [1.165, 1.54) is 7.11 Å². The van der Waals surface area contributed by atoms with Gasteiger partial charge in [-0.1, -0.05) is 0 Å². The SMILES string of the molecule is COC(=O)COc1ccc(N(CCO)CCO)cc1. The van der Waals surface area contributed by atoms with Gasteiger partial charge in [-0.2, -0.15) is 0 Å². The van der Waals surface area contributed by atoms with Gasteiger partial charge in [-0.3, -0.25) is 0 Å². The van der Waals surface area contributed by atoms with Gasteiger partial charge in [0.05, 0.1) is 20.3 Å². The Bertz CT molecular complexity index is 373. The molecule has 0 amide bonds. The topological polar surface area (TPSA) is 79.2 Å². The van der Waals surface area contributed by atoms with Crippen LogP contribution in [0.3, 0.4) is 0 Å². The Morgan fingerprint density at radius 3 is 2.21 bits per heavy atom. The Labute approximate surface area is 112 Å². The molecule has 6 nitrogen and oxygen atoms in total. The molecule has 0 heterocycles. The van der Waals surface area contributed by atoms with Crippen molar-refractivity contribution in [3.05, 3.63) is 24.3 Å². The van der Waals surface area contributed by atoms with E-state index >= 15 is 0 Å². The number of nitrogens with zero attached hydrogens (tertiary/aromatic N) is 1. The predicted molar refractivity (Wildman–Crippen MR) is 70.3 cm³/mol. The van der Waals surface area contributed by atoms with Crippen LogP contribution in [-0.2, 0) is 9.53 Å². The molecule has 19 heavy (non-hydrogen) atoms. The number of esters is 1. The second kappa shape index (κ2) is 8.34. The molecule has 0 saturated carbocycles. The molecule has 106 valence electrons. The number of anilines is 1. The molecule has 0 radical (unpaired) electrons. The summed E-state index contributed by atoms with van der Waals surface area (Å²) < 4.78 is 9.69. The molecule has 2 N–H and O–H groups in total. The van der Waals surface area contributed by atoms with E-state index in [0.29, 0.717) is 18.8 Å². The van der Waals surface area contributed by atoms with Crippen LogP contribution in [0.5, 0.6) is 5.75 Å². The standard InChI is InChI=1S/C13H19NO5/c1-18-13(17)10-19-12-4-2-11(3-5-12)14(6-8-15)7-9-16/h2-5,15-16H,6-10H2,1H3. The van der Waals surface area contributed by atoms with Crippen molar-refractivity contribution in [2.75, 3.05) is 44.9 Å². The number of carbonyl (C=O) groups is 1. The lowest BCUT2D eigenvalue weighted by atomic mass is 10.2. The molecule has 6 heteroatoms. The van der Waals surface area contributed by atoms with Gasteiger partial charge in [0.25, 0.3) is 0 Å². The second-order valence-electron chi connectivity index (χ2n) is 3.79. The molecule has 1 aromatic carbocycles. The summed E-state index contributed by atoms with van der Waals surface area (Å²) in [5.74, 6) is 0.119. The molecular formula is C13H19NO5. The van der Waals surface area contributed by atoms with E-state index in [0.717, 1.165) is 5.69 Å². The molecule has 1 rings (SSSR count). The average molecular weight is 269 g/mol. The molecule has 0 bridgehead atoms. The van der Waals surface area contributed by atoms with Crippen LogP contribution < -0.4 is 9.64 Å². The largest absolute Gasteiger partial charge is 0.482 e. The van der Waals surface area contributed by atoms with E-state index in [9.17, 15) is 4.79 Å². The molecule has 0 atom stereocenters. The first kappa shape index (κ1) is 15.3. The summed E-state index contributed by atoms with van der Waals surface area (Å²) >= 11 is 0. The average Bonchev–Trinajstić information content (AvgIpc) is 2.45. The summed E-state index contributed by atoms with van der Waals surface area (Å²) in [5.41, 5.74) is 0.869. The van der Waals surface area contributed by atoms with Gasteiger partial charge in [0, 0.05) is 18.8 Å². The van der Waals surface area contributed by atoms with Crippen LogP contribution in [0.15, 0.2) is 24.3 Å². The number of hydrogen-bond donors (Lipinski definition) is 2.